The number of hydrogen-bond acceptors (Lipinski definition) is 7. The molecule has 5 rings (SSSR count). The molecule has 2 N–H and O–H groups in total. The second kappa shape index (κ2) is 18.1. The first-order valence-electron chi connectivity index (χ1n) is 16.4. The van der Waals surface area contributed by atoms with Crippen molar-refractivity contribution in [2.24, 2.45) is 0 Å². The Bertz CT molecular complexity index is 1610. The maximum atomic E-state index is 14.7. The average molecular weight is 731 g/mol. The van der Waals surface area contributed by atoms with E-state index < -0.39 is 0 Å². The van der Waals surface area contributed by atoms with Gasteiger partial charge in [0.15, 0.2) is 5.75 Å². The second-order valence-electron chi connectivity index (χ2n) is 12.0. The summed E-state index contributed by atoms with van der Waals surface area (Å²) in [4.78, 5) is 28.5. The van der Waals surface area contributed by atoms with Crippen LogP contribution in [-0.2, 0) is 32.0 Å². The van der Waals surface area contributed by atoms with Crippen LogP contribution in [0.4, 0.5) is 0 Å². The Balaban J connectivity index is 1.35. The monoisotopic (exact) mass is 729 g/mol. The lowest BCUT2D eigenvalue weighted by Crippen LogP contribution is -2.47. The zero-order valence-electron chi connectivity index (χ0n) is 27.7. The van der Waals surface area contributed by atoms with Crippen molar-refractivity contribution in [1.82, 2.24) is 15.5 Å². The smallest absolute Gasteiger partial charge is 0.252 e. The summed E-state index contributed by atoms with van der Waals surface area (Å²) in [5.74, 6) is 1.04. The van der Waals surface area contributed by atoms with Crippen LogP contribution in [0.5, 0.6) is 11.5 Å². The number of hydrogen-bond donors (Lipinski definition) is 2. The lowest BCUT2D eigenvalue weighted by Gasteiger charge is -2.33. The molecule has 0 bridgehead atoms. The molecule has 2 aliphatic rings. The SMILES string of the molecule is CNC(=O)CCc1ccc(Cl)c(CN(C(=O)C2=C(c3ccc(OCCOc4c(Cl)cccc4Cl)cc3)CCNC2COCOC)C2CC2)c1. The number of rotatable bonds is 17. The Morgan fingerprint density at radius 2 is 1.69 bits per heavy atom. The summed E-state index contributed by atoms with van der Waals surface area (Å²) in [7, 11) is 3.20. The zero-order chi connectivity index (χ0) is 34.8. The molecule has 0 radical (unpaired) electrons. The van der Waals surface area contributed by atoms with Crippen molar-refractivity contribution in [2.45, 2.75) is 50.7 Å². The van der Waals surface area contributed by atoms with Crippen LogP contribution in [-0.4, -0.2) is 76.1 Å². The molecular weight excluding hydrogens is 689 g/mol. The molecule has 0 aromatic heterocycles. The molecule has 49 heavy (non-hydrogen) atoms. The number of aryl methyl sites for hydroxylation is 1. The number of para-hydroxylation sites is 1. The second-order valence-corrected chi connectivity index (χ2v) is 13.2. The third kappa shape index (κ3) is 10.1. The zero-order valence-corrected chi connectivity index (χ0v) is 30.0. The first-order valence-corrected chi connectivity index (χ1v) is 17.5. The molecule has 12 heteroatoms. The van der Waals surface area contributed by atoms with E-state index in [2.05, 4.69) is 10.6 Å². The van der Waals surface area contributed by atoms with Crippen LogP contribution in [0, 0.1) is 0 Å². The van der Waals surface area contributed by atoms with E-state index in [9.17, 15) is 9.59 Å². The van der Waals surface area contributed by atoms with E-state index in [0.717, 1.165) is 35.1 Å². The fourth-order valence-electron chi connectivity index (χ4n) is 5.84. The van der Waals surface area contributed by atoms with Gasteiger partial charge in [0.1, 0.15) is 25.8 Å². The van der Waals surface area contributed by atoms with Crippen molar-refractivity contribution in [3.63, 3.8) is 0 Å². The Morgan fingerprint density at radius 1 is 0.959 bits per heavy atom. The fraction of sp³-hybridized carbons (Fsp3) is 0.405. The Morgan fingerprint density at radius 3 is 2.39 bits per heavy atom. The van der Waals surface area contributed by atoms with Crippen LogP contribution in [0.15, 0.2) is 66.2 Å². The van der Waals surface area contributed by atoms with Gasteiger partial charge in [-0.2, -0.15) is 0 Å². The van der Waals surface area contributed by atoms with E-state index in [1.54, 1.807) is 32.4 Å². The van der Waals surface area contributed by atoms with E-state index in [4.69, 9.17) is 53.8 Å². The third-order valence-electron chi connectivity index (χ3n) is 8.49. The summed E-state index contributed by atoms with van der Waals surface area (Å²) in [6, 6.07) is 18.5. The van der Waals surface area contributed by atoms with Crippen LogP contribution < -0.4 is 20.1 Å². The van der Waals surface area contributed by atoms with Gasteiger partial charge in [-0.05, 0) is 84.8 Å². The molecule has 3 aromatic rings. The molecule has 1 fully saturated rings. The molecule has 1 aliphatic heterocycles. The Kier molecular flexibility index (Phi) is 13.6. The molecule has 1 unspecified atom stereocenters. The van der Waals surface area contributed by atoms with E-state index in [1.165, 1.54) is 0 Å². The average Bonchev–Trinajstić information content (AvgIpc) is 3.95. The van der Waals surface area contributed by atoms with Crippen molar-refractivity contribution in [1.29, 1.82) is 0 Å². The van der Waals surface area contributed by atoms with E-state index in [-0.39, 0.29) is 43.9 Å². The highest BCUT2D eigenvalue weighted by atomic mass is 35.5. The van der Waals surface area contributed by atoms with Crippen LogP contribution in [0.25, 0.3) is 5.57 Å². The highest BCUT2D eigenvalue weighted by Gasteiger charge is 2.38. The minimum atomic E-state index is -0.327. The largest absolute Gasteiger partial charge is 0.490 e. The lowest BCUT2D eigenvalue weighted by molar-refractivity contribution is -0.129. The van der Waals surface area contributed by atoms with Gasteiger partial charge in [0.2, 0.25) is 5.91 Å². The maximum absolute atomic E-state index is 14.7. The van der Waals surface area contributed by atoms with Crippen molar-refractivity contribution in [3.05, 3.63) is 98.0 Å². The minimum absolute atomic E-state index is 0.0234. The van der Waals surface area contributed by atoms with Crippen molar-refractivity contribution in [3.8, 4) is 11.5 Å². The third-order valence-corrected chi connectivity index (χ3v) is 9.46. The van der Waals surface area contributed by atoms with E-state index in [0.29, 0.717) is 71.1 Å². The predicted octanol–water partition coefficient (Wildman–Crippen LogP) is 6.71. The van der Waals surface area contributed by atoms with Gasteiger partial charge in [0.05, 0.1) is 22.7 Å². The molecule has 2 amide bonds. The quantitative estimate of drug-likeness (QED) is 0.118. The van der Waals surface area contributed by atoms with Crippen molar-refractivity contribution in [2.75, 3.05) is 47.3 Å². The molecule has 1 aliphatic carbocycles. The molecule has 0 spiro atoms. The number of halogens is 3. The highest BCUT2D eigenvalue weighted by molar-refractivity contribution is 6.37. The van der Waals surface area contributed by atoms with Crippen LogP contribution in [0.2, 0.25) is 15.1 Å². The van der Waals surface area contributed by atoms with Gasteiger partial charge < -0.3 is 34.5 Å². The number of nitrogens with one attached hydrogen (secondary N) is 2. The summed E-state index contributed by atoms with van der Waals surface area (Å²) in [6.45, 7) is 2.02. The van der Waals surface area contributed by atoms with Gasteiger partial charge in [-0.15, -0.1) is 0 Å². The molecule has 1 atom stereocenters. The Hall–Kier alpha value is -3.31. The van der Waals surface area contributed by atoms with Gasteiger partial charge in [-0.1, -0.05) is 65.1 Å². The summed E-state index contributed by atoms with van der Waals surface area (Å²) in [6.07, 6.45) is 3.49. The summed E-state index contributed by atoms with van der Waals surface area (Å²) >= 11 is 19.1. The first kappa shape index (κ1) is 37.0. The summed E-state index contributed by atoms with van der Waals surface area (Å²) < 4.78 is 22.6. The van der Waals surface area contributed by atoms with Crippen LogP contribution in [0.1, 0.15) is 42.4 Å². The van der Waals surface area contributed by atoms with Gasteiger partial charge in [-0.3, -0.25) is 9.59 Å². The summed E-state index contributed by atoms with van der Waals surface area (Å²) in [5, 5.41) is 7.64. The standard InChI is InChI=1S/C37H42Cl3N3O6/c1-41-34(44)15-7-24-6-14-30(38)26(20-24)21-43(27-10-11-27)37(45)35-29(16-17-42-33(35)22-47-23-46-2)25-8-12-28(13-9-25)48-18-19-49-36-31(39)4-3-5-32(36)40/h3-6,8-9,12-14,20,27,33,42H,7,10-11,15-19,21-23H2,1-2H3,(H,41,44). The number of benzene rings is 3. The van der Waals surface area contributed by atoms with Crippen LogP contribution in [0.3, 0.4) is 0 Å². The number of carbonyl (C=O) groups is 2. The number of nitrogens with zero attached hydrogens (tertiary/aromatic N) is 1. The molecule has 0 saturated heterocycles. The first-order chi connectivity index (χ1) is 23.8. The molecule has 3 aromatic carbocycles. The Labute approximate surface area is 302 Å². The molecule has 262 valence electrons. The lowest BCUT2D eigenvalue weighted by atomic mass is 9.88. The molecule has 9 nitrogen and oxygen atoms in total. The fourth-order valence-corrected chi connectivity index (χ4v) is 6.53. The van der Waals surface area contributed by atoms with Gasteiger partial charge in [0.25, 0.3) is 5.91 Å². The topological polar surface area (TPSA) is 98.4 Å². The van der Waals surface area contributed by atoms with Gasteiger partial charge >= 0.3 is 0 Å². The highest BCUT2D eigenvalue weighted by Crippen LogP contribution is 2.36. The molecule has 1 heterocycles. The van der Waals surface area contributed by atoms with E-state index in [1.807, 2.05) is 47.4 Å². The van der Waals surface area contributed by atoms with Crippen LogP contribution >= 0.6 is 34.8 Å². The normalized spacial score (nSPS) is 16.0. The predicted molar refractivity (Wildman–Crippen MR) is 192 cm³/mol. The van der Waals surface area contributed by atoms with Crippen molar-refractivity contribution < 1.29 is 28.5 Å². The number of carbonyl (C=O) groups excluding carboxylic acids is 2. The van der Waals surface area contributed by atoms with Crippen molar-refractivity contribution >= 4 is 52.2 Å². The summed E-state index contributed by atoms with van der Waals surface area (Å²) in [5.41, 5.74) is 4.45. The maximum Gasteiger partial charge on any atom is 0.252 e. The molecular formula is C37H42Cl3N3O6. The van der Waals surface area contributed by atoms with Gasteiger partial charge in [-0.25, -0.2) is 0 Å². The molecule has 1 saturated carbocycles. The van der Waals surface area contributed by atoms with E-state index >= 15 is 0 Å². The minimum Gasteiger partial charge on any atom is -0.490 e. The number of methoxy groups -OCH3 is 1. The number of ether oxygens (including phenoxy) is 4. The number of amides is 2. The van der Waals surface area contributed by atoms with Gasteiger partial charge in [0, 0.05) is 43.8 Å².